The lowest BCUT2D eigenvalue weighted by Gasteiger charge is -2.27. The lowest BCUT2D eigenvalue weighted by molar-refractivity contribution is -0.117. The standard InChI is InChI=1S/C17H21Br2NO3/c1-4-6-20-7-5-14(21)12(10-20)8-11-9-13(18)17(23-3)15(19)16(11)22-2/h8-9H,4-7,10H2,1-3H3/b12-8+. The lowest BCUT2D eigenvalue weighted by Crippen LogP contribution is -2.36. The fourth-order valence-electron chi connectivity index (χ4n) is 2.75. The van der Waals surface area contributed by atoms with E-state index in [1.165, 1.54) is 0 Å². The number of halogens is 2. The summed E-state index contributed by atoms with van der Waals surface area (Å²) in [4.78, 5) is 14.6. The van der Waals surface area contributed by atoms with E-state index in [1.54, 1.807) is 14.2 Å². The third-order valence-electron chi connectivity index (χ3n) is 3.85. The van der Waals surface area contributed by atoms with Crippen molar-refractivity contribution in [1.29, 1.82) is 0 Å². The van der Waals surface area contributed by atoms with E-state index in [-0.39, 0.29) is 5.78 Å². The number of benzene rings is 1. The monoisotopic (exact) mass is 445 g/mol. The van der Waals surface area contributed by atoms with Gasteiger partial charge < -0.3 is 9.47 Å². The highest BCUT2D eigenvalue weighted by Crippen LogP contribution is 2.43. The molecule has 1 aromatic carbocycles. The highest BCUT2D eigenvalue weighted by Gasteiger charge is 2.22. The number of Topliss-reactive ketones (excluding diaryl/α,β-unsaturated/α-hetero) is 1. The van der Waals surface area contributed by atoms with Gasteiger partial charge in [0.1, 0.15) is 10.2 Å². The molecule has 0 aromatic heterocycles. The van der Waals surface area contributed by atoms with Crippen LogP contribution in [-0.2, 0) is 4.79 Å². The first-order valence-corrected chi connectivity index (χ1v) is 9.16. The molecule has 1 saturated heterocycles. The molecule has 0 spiro atoms. The van der Waals surface area contributed by atoms with Gasteiger partial charge in [-0.1, -0.05) is 6.92 Å². The van der Waals surface area contributed by atoms with E-state index in [2.05, 4.69) is 43.7 Å². The summed E-state index contributed by atoms with van der Waals surface area (Å²) in [5, 5.41) is 0. The van der Waals surface area contributed by atoms with Gasteiger partial charge in [0.15, 0.2) is 11.5 Å². The van der Waals surface area contributed by atoms with E-state index >= 15 is 0 Å². The largest absolute Gasteiger partial charge is 0.495 e. The maximum atomic E-state index is 12.3. The fraction of sp³-hybridized carbons (Fsp3) is 0.471. The third-order valence-corrected chi connectivity index (χ3v) is 5.15. The summed E-state index contributed by atoms with van der Waals surface area (Å²) in [6.07, 6.45) is 3.59. The summed E-state index contributed by atoms with van der Waals surface area (Å²) >= 11 is 7.02. The molecule has 23 heavy (non-hydrogen) atoms. The van der Waals surface area contributed by atoms with Gasteiger partial charge in [0.05, 0.1) is 18.7 Å². The maximum absolute atomic E-state index is 12.3. The zero-order valence-corrected chi connectivity index (χ0v) is 16.8. The summed E-state index contributed by atoms with van der Waals surface area (Å²) < 4.78 is 12.4. The fourth-order valence-corrected chi connectivity index (χ4v) is 4.39. The average Bonchev–Trinajstić information content (AvgIpc) is 2.51. The third kappa shape index (κ3) is 4.17. The zero-order chi connectivity index (χ0) is 17.0. The summed E-state index contributed by atoms with van der Waals surface area (Å²) in [6.45, 7) is 4.70. The molecule has 1 heterocycles. The molecule has 1 aliphatic rings. The van der Waals surface area contributed by atoms with Crippen LogP contribution in [0.2, 0.25) is 0 Å². The Labute approximate surface area is 154 Å². The molecule has 1 aromatic rings. The molecule has 0 N–H and O–H groups in total. The van der Waals surface area contributed by atoms with Crippen LogP contribution in [0.3, 0.4) is 0 Å². The van der Waals surface area contributed by atoms with Gasteiger partial charge in [-0.05, 0) is 57.0 Å². The van der Waals surface area contributed by atoms with Crippen molar-refractivity contribution < 1.29 is 14.3 Å². The van der Waals surface area contributed by atoms with E-state index in [0.717, 1.165) is 39.6 Å². The minimum Gasteiger partial charge on any atom is -0.495 e. The van der Waals surface area contributed by atoms with Crippen LogP contribution in [-0.4, -0.2) is 44.5 Å². The number of carbonyl (C=O) groups is 1. The molecule has 0 radical (unpaired) electrons. The van der Waals surface area contributed by atoms with Crippen LogP contribution in [0.1, 0.15) is 25.3 Å². The maximum Gasteiger partial charge on any atom is 0.161 e. The zero-order valence-electron chi connectivity index (χ0n) is 13.6. The second-order valence-corrected chi connectivity index (χ2v) is 7.09. The van der Waals surface area contributed by atoms with Gasteiger partial charge in [-0.25, -0.2) is 0 Å². The van der Waals surface area contributed by atoms with Crippen LogP contribution in [0.5, 0.6) is 11.5 Å². The normalized spacial score (nSPS) is 17.6. The Hall–Kier alpha value is -0.850. The molecule has 0 bridgehead atoms. The quantitative estimate of drug-likeness (QED) is 0.632. The first-order chi connectivity index (χ1) is 11.0. The van der Waals surface area contributed by atoms with Crippen LogP contribution in [0.4, 0.5) is 0 Å². The first kappa shape index (κ1) is 18.5. The van der Waals surface area contributed by atoms with Crippen molar-refractivity contribution in [2.75, 3.05) is 33.9 Å². The molecular weight excluding hydrogens is 426 g/mol. The number of likely N-dealkylation sites (tertiary alicyclic amines) is 1. The number of methoxy groups -OCH3 is 2. The number of rotatable bonds is 5. The molecule has 2 rings (SSSR count). The predicted octanol–water partition coefficient (Wildman–Crippen LogP) is 4.30. The molecule has 1 fully saturated rings. The summed E-state index contributed by atoms with van der Waals surface area (Å²) in [5.74, 6) is 1.55. The number of ketones is 1. The van der Waals surface area contributed by atoms with Crippen molar-refractivity contribution in [2.24, 2.45) is 0 Å². The summed E-state index contributed by atoms with van der Waals surface area (Å²) in [6, 6.07) is 1.92. The Morgan fingerprint density at radius 1 is 1.26 bits per heavy atom. The van der Waals surface area contributed by atoms with Crippen LogP contribution in [0.15, 0.2) is 20.6 Å². The minimum absolute atomic E-state index is 0.211. The number of hydrogen-bond acceptors (Lipinski definition) is 4. The Balaban J connectivity index is 2.42. The van der Waals surface area contributed by atoms with Gasteiger partial charge in [0.2, 0.25) is 0 Å². The van der Waals surface area contributed by atoms with Gasteiger partial charge in [0, 0.05) is 30.6 Å². The van der Waals surface area contributed by atoms with Gasteiger partial charge >= 0.3 is 0 Å². The molecule has 6 heteroatoms. The van der Waals surface area contributed by atoms with Crippen molar-refractivity contribution in [3.8, 4) is 11.5 Å². The lowest BCUT2D eigenvalue weighted by atomic mass is 9.99. The summed E-state index contributed by atoms with van der Waals surface area (Å²) in [5.41, 5.74) is 1.68. The van der Waals surface area contributed by atoms with Gasteiger partial charge in [-0.2, -0.15) is 0 Å². The SMILES string of the molecule is CCCN1CCC(=O)/C(=C/c2cc(Br)c(OC)c(Br)c2OC)C1. The summed E-state index contributed by atoms with van der Waals surface area (Å²) in [7, 11) is 3.22. The molecule has 0 amide bonds. The average molecular weight is 447 g/mol. The Morgan fingerprint density at radius 2 is 1.96 bits per heavy atom. The molecule has 0 saturated carbocycles. The number of nitrogens with zero attached hydrogens (tertiary/aromatic N) is 1. The van der Waals surface area contributed by atoms with E-state index in [9.17, 15) is 4.79 Å². The first-order valence-electron chi connectivity index (χ1n) is 7.57. The molecule has 1 aliphatic heterocycles. The molecule has 126 valence electrons. The Morgan fingerprint density at radius 3 is 2.57 bits per heavy atom. The second-order valence-electron chi connectivity index (χ2n) is 5.45. The smallest absolute Gasteiger partial charge is 0.161 e. The van der Waals surface area contributed by atoms with Gasteiger partial charge in [0.25, 0.3) is 0 Å². The van der Waals surface area contributed by atoms with Crippen LogP contribution in [0, 0.1) is 0 Å². The van der Waals surface area contributed by atoms with E-state index in [4.69, 9.17) is 9.47 Å². The van der Waals surface area contributed by atoms with Crippen molar-refractivity contribution in [2.45, 2.75) is 19.8 Å². The van der Waals surface area contributed by atoms with E-state index in [0.29, 0.717) is 24.5 Å². The molecule has 0 unspecified atom stereocenters. The Kier molecular flexibility index (Phi) is 6.68. The molecule has 0 aliphatic carbocycles. The Bertz CT molecular complexity index is 629. The highest BCUT2D eigenvalue weighted by molar-refractivity contribution is 9.11. The topological polar surface area (TPSA) is 38.8 Å². The predicted molar refractivity (Wildman–Crippen MR) is 99.3 cm³/mol. The number of hydrogen-bond donors (Lipinski definition) is 0. The second kappa shape index (κ2) is 8.31. The van der Waals surface area contributed by atoms with Crippen molar-refractivity contribution in [3.05, 3.63) is 26.1 Å². The van der Waals surface area contributed by atoms with Crippen LogP contribution in [0.25, 0.3) is 6.08 Å². The van der Waals surface area contributed by atoms with Gasteiger partial charge in [-0.15, -0.1) is 0 Å². The van der Waals surface area contributed by atoms with Crippen molar-refractivity contribution >= 4 is 43.7 Å². The minimum atomic E-state index is 0.211. The molecular formula is C17H21Br2NO3. The van der Waals surface area contributed by atoms with Crippen LogP contribution < -0.4 is 9.47 Å². The van der Waals surface area contributed by atoms with Crippen molar-refractivity contribution in [1.82, 2.24) is 4.90 Å². The molecule has 4 nitrogen and oxygen atoms in total. The van der Waals surface area contributed by atoms with E-state index in [1.807, 2.05) is 12.1 Å². The number of piperidine rings is 1. The van der Waals surface area contributed by atoms with E-state index < -0.39 is 0 Å². The number of carbonyl (C=O) groups excluding carboxylic acids is 1. The van der Waals surface area contributed by atoms with Gasteiger partial charge in [-0.3, -0.25) is 9.69 Å². The van der Waals surface area contributed by atoms with Crippen molar-refractivity contribution in [3.63, 3.8) is 0 Å². The highest BCUT2D eigenvalue weighted by atomic mass is 79.9. The molecule has 0 atom stereocenters. The number of ether oxygens (including phenoxy) is 2. The van der Waals surface area contributed by atoms with Crippen LogP contribution >= 0.6 is 31.9 Å².